The minimum absolute atomic E-state index is 0.690. The fourth-order valence-corrected chi connectivity index (χ4v) is 2.58. The molecule has 0 unspecified atom stereocenters. The van der Waals surface area contributed by atoms with Crippen molar-refractivity contribution in [2.45, 2.75) is 26.7 Å². The summed E-state index contributed by atoms with van der Waals surface area (Å²) in [5.74, 6) is 0. The van der Waals surface area contributed by atoms with E-state index in [0.717, 1.165) is 23.4 Å². The van der Waals surface area contributed by atoms with Crippen molar-refractivity contribution < 1.29 is 0 Å². The maximum atomic E-state index is 6.18. The highest BCUT2D eigenvalue weighted by molar-refractivity contribution is 6.35. The van der Waals surface area contributed by atoms with Crippen LogP contribution in [0.3, 0.4) is 0 Å². The van der Waals surface area contributed by atoms with E-state index < -0.39 is 0 Å². The molecule has 2 aromatic carbocycles. The van der Waals surface area contributed by atoms with Crippen LogP contribution in [0.4, 0.5) is 0 Å². The predicted octanol–water partition coefficient (Wildman–Crippen LogP) is 5.40. The molecule has 2 heteroatoms. The Morgan fingerprint density at radius 2 is 1.61 bits per heavy atom. The van der Waals surface area contributed by atoms with E-state index in [-0.39, 0.29) is 0 Å². The Balaban J connectivity index is 2.14. The summed E-state index contributed by atoms with van der Waals surface area (Å²) in [6.45, 7) is 4.32. The number of aryl methyl sites for hydroxylation is 3. The molecule has 94 valence electrons. The lowest BCUT2D eigenvalue weighted by molar-refractivity contribution is 0.945. The van der Waals surface area contributed by atoms with Gasteiger partial charge in [-0.15, -0.1) is 0 Å². The Morgan fingerprint density at radius 1 is 0.889 bits per heavy atom. The van der Waals surface area contributed by atoms with Crippen LogP contribution in [-0.4, -0.2) is 0 Å². The summed E-state index contributed by atoms with van der Waals surface area (Å²) in [6, 6.07) is 12.2. The zero-order valence-electron chi connectivity index (χ0n) is 10.6. The summed E-state index contributed by atoms with van der Waals surface area (Å²) >= 11 is 12.1. The van der Waals surface area contributed by atoms with Crippen molar-refractivity contribution in [2.75, 3.05) is 0 Å². The Hall–Kier alpha value is -0.980. The average molecular weight is 279 g/mol. The van der Waals surface area contributed by atoms with E-state index in [1.54, 1.807) is 0 Å². The Labute approximate surface area is 119 Å². The maximum absolute atomic E-state index is 6.18. The summed E-state index contributed by atoms with van der Waals surface area (Å²) in [7, 11) is 0. The van der Waals surface area contributed by atoms with Crippen LogP contribution in [0.1, 0.15) is 22.3 Å². The Morgan fingerprint density at radius 3 is 2.33 bits per heavy atom. The molecule has 0 N–H and O–H groups in total. The monoisotopic (exact) mass is 278 g/mol. The molecule has 2 aromatic rings. The molecule has 0 spiro atoms. The highest BCUT2D eigenvalue weighted by Crippen LogP contribution is 2.23. The number of halogens is 2. The fraction of sp³-hybridized carbons (Fsp3) is 0.250. The van der Waals surface area contributed by atoms with Gasteiger partial charge in [-0.05, 0) is 61.1 Å². The summed E-state index contributed by atoms with van der Waals surface area (Å²) in [5.41, 5.74) is 5.26. The van der Waals surface area contributed by atoms with E-state index in [1.165, 1.54) is 16.7 Å². The van der Waals surface area contributed by atoms with Gasteiger partial charge in [0.05, 0.1) is 0 Å². The van der Waals surface area contributed by atoms with Gasteiger partial charge in [0.1, 0.15) is 0 Å². The molecule has 2 rings (SSSR count). The van der Waals surface area contributed by atoms with Gasteiger partial charge in [-0.1, -0.05) is 47.5 Å². The molecule has 0 aromatic heterocycles. The van der Waals surface area contributed by atoms with E-state index in [0.29, 0.717) is 5.02 Å². The predicted molar refractivity (Wildman–Crippen MR) is 79.8 cm³/mol. The number of rotatable bonds is 3. The van der Waals surface area contributed by atoms with Gasteiger partial charge in [-0.3, -0.25) is 0 Å². The van der Waals surface area contributed by atoms with E-state index in [1.807, 2.05) is 18.2 Å². The van der Waals surface area contributed by atoms with Gasteiger partial charge in [-0.25, -0.2) is 0 Å². The standard InChI is InChI=1S/C16H16Cl2/c1-11-4-3-5-13(12(11)2)6-7-14-8-9-15(17)10-16(14)18/h3-5,8-10H,6-7H2,1-2H3. The highest BCUT2D eigenvalue weighted by atomic mass is 35.5. The van der Waals surface area contributed by atoms with E-state index in [2.05, 4.69) is 32.0 Å². The third-order valence-corrected chi connectivity index (χ3v) is 3.98. The summed E-state index contributed by atoms with van der Waals surface area (Å²) in [6.07, 6.45) is 1.95. The molecule has 0 aliphatic carbocycles. The molecule has 0 aliphatic heterocycles. The molecule has 0 saturated heterocycles. The second kappa shape index (κ2) is 5.77. The maximum Gasteiger partial charge on any atom is 0.0452 e. The lowest BCUT2D eigenvalue weighted by atomic mass is 9.97. The first-order chi connectivity index (χ1) is 8.58. The molecule has 0 heterocycles. The molecule has 0 aliphatic rings. The van der Waals surface area contributed by atoms with Crippen molar-refractivity contribution in [1.82, 2.24) is 0 Å². The summed E-state index contributed by atoms with van der Waals surface area (Å²) in [5, 5.41) is 1.45. The first kappa shape index (κ1) is 13.5. The fourth-order valence-electron chi connectivity index (χ4n) is 2.08. The molecule has 0 radical (unpaired) electrons. The van der Waals surface area contributed by atoms with Crippen LogP contribution in [0.5, 0.6) is 0 Å². The summed E-state index contributed by atoms with van der Waals surface area (Å²) in [4.78, 5) is 0. The lowest BCUT2D eigenvalue weighted by Gasteiger charge is -2.09. The van der Waals surface area contributed by atoms with Gasteiger partial charge in [0.15, 0.2) is 0 Å². The molecular weight excluding hydrogens is 263 g/mol. The van der Waals surface area contributed by atoms with E-state index >= 15 is 0 Å². The van der Waals surface area contributed by atoms with Gasteiger partial charge in [-0.2, -0.15) is 0 Å². The highest BCUT2D eigenvalue weighted by Gasteiger charge is 2.04. The molecule has 0 saturated carbocycles. The third-order valence-electron chi connectivity index (χ3n) is 3.40. The van der Waals surface area contributed by atoms with Crippen LogP contribution in [-0.2, 0) is 12.8 Å². The van der Waals surface area contributed by atoms with Crippen molar-refractivity contribution >= 4 is 23.2 Å². The topological polar surface area (TPSA) is 0 Å². The van der Waals surface area contributed by atoms with Crippen molar-refractivity contribution in [3.63, 3.8) is 0 Å². The largest absolute Gasteiger partial charge is 0.0843 e. The smallest absolute Gasteiger partial charge is 0.0452 e. The average Bonchev–Trinajstić information content (AvgIpc) is 2.33. The minimum Gasteiger partial charge on any atom is -0.0843 e. The molecular formula is C16H16Cl2. The Bertz CT molecular complexity index is 559. The van der Waals surface area contributed by atoms with Gasteiger partial charge in [0.25, 0.3) is 0 Å². The van der Waals surface area contributed by atoms with Crippen molar-refractivity contribution in [2.24, 2.45) is 0 Å². The zero-order chi connectivity index (χ0) is 13.1. The van der Waals surface area contributed by atoms with Gasteiger partial charge in [0, 0.05) is 10.0 Å². The minimum atomic E-state index is 0.690. The van der Waals surface area contributed by atoms with Gasteiger partial charge < -0.3 is 0 Å². The van der Waals surface area contributed by atoms with Gasteiger partial charge in [0.2, 0.25) is 0 Å². The quantitative estimate of drug-likeness (QED) is 0.706. The molecule has 0 nitrogen and oxygen atoms in total. The van der Waals surface area contributed by atoms with Crippen LogP contribution >= 0.6 is 23.2 Å². The van der Waals surface area contributed by atoms with Crippen LogP contribution in [0, 0.1) is 13.8 Å². The molecule has 0 bridgehead atoms. The van der Waals surface area contributed by atoms with Crippen LogP contribution in [0.2, 0.25) is 10.0 Å². The first-order valence-electron chi connectivity index (χ1n) is 6.07. The lowest BCUT2D eigenvalue weighted by Crippen LogP contribution is -1.96. The van der Waals surface area contributed by atoms with Crippen LogP contribution < -0.4 is 0 Å². The second-order valence-corrected chi connectivity index (χ2v) is 5.44. The van der Waals surface area contributed by atoms with E-state index in [9.17, 15) is 0 Å². The summed E-state index contributed by atoms with van der Waals surface area (Å²) < 4.78 is 0. The van der Waals surface area contributed by atoms with Crippen LogP contribution in [0.15, 0.2) is 36.4 Å². The van der Waals surface area contributed by atoms with Crippen molar-refractivity contribution in [3.05, 3.63) is 68.7 Å². The second-order valence-electron chi connectivity index (χ2n) is 4.59. The van der Waals surface area contributed by atoms with E-state index in [4.69, 9.17) is 23.2 Å². The Kier molecular flexibility index (Phi) is 4.31. The molecule has 0 atom stereocenters. The van der Waals surface area contributed by atoms with Crippen molar-refractivity contribution in [3.8, 4) is 0 Å². The SMILES string of the molecule is Cc1cccc(CCc2ccc(Cl)cc2Cl)c1C. The molecule has 18 heavy (non-hydrogen) atoms. The van der Waals surface area contributed by atoms with Crippen LogP contribution in [0.25, 0.3) is 0 Å². The number of hydrogen-bond donors (Lipinski definition) is 0. The number of hydrogen-bond acceptors (Lipinski definition) is 0. The molecule has 0 amide bonds. The number of benzene rings is 2. The third kappa shape index (κ3) is 3.07. The molecule has 0 fully saturated rings. The normalized spacial score (nSPS) is 10.7. The zero-order valence-corrected chi connectivity index (χ0v) is 12.1. The first-order valence-corrected chi connectivity index (χ1v) is 6.82. The van der Waals surface area contributed by atoms with Crippen molar-refractivity contribution in [1.29, 1.82) is 0 Å². The van der Waals surface area contributed by atoms with Gasteiger partial charge >= 0.3 is 0 Å².